The van der Waals surface area contributed by atoms with Crippen LogP contribution in [0.25, 0.3) is 0 Å². The average Bonchev–Trinajstić information content (AvgIpc) is 2.78. The molecule has 3 aromatic rings. The molecule has 1 aromatic heterocycles. The lowest BCUT2D eigenvalue weighted by atomic mass is 10.1. The smallest absolute Gasteiger partial charge is 0.356 e. The van der Waals surface area contributed by atoms with Gasteiger partial charge in [0.25, 0.3) is 5.91 Å². The Balaban J connectivity index is 1.97. The van der Waals surface area contributed by atoms with Gasteiger partial charge in [-0.15, -0.1) is 6.58 Å². The van der Waals surface area contributed by atoms with Crippen LogP contribution in [0.1, 0.15) is 37.7 Å². The first kappa shape index (κ1) is 23.4. The van der Waals surface area contributed by atoms with Crippen molar-refractivity contribution in [3.05, 3.63) is 111 Å². The highest BCUT2D eigenvalue weighted by Crippen LogP contribution is 2.18. The summed E-state index contributed by atoms with van der Waals surface area (Å²) in [5.74, 6) is -4.48. The van der Waals surface area contributed by atoms with Crippen molar-refractivity contribution in [1.82, 2.24) is 10.3 Å². The number of halogens is 2. The maximum atomic E-state index is 13.9. The number of hydrogen-bond donors (Lipinski definition) is 3. The Morgan fingerprint density at radius 1 is 1.15 bits per heavy atom. The number of ether oxygens (including phenoxy) is 1. The molecule has 0 aliphatic rings. The largest absolute Gasteiger partial charge is 0.482 e. The van der Waals surface area contributed by atoms with Gasteiger partial charge in [-0.1, -0.05) is 42.5 Å². The van der Waals surface area contributed by atoms with E-state index in [1.165, 1.54) is 12.1 Å². The van der Waals surface area contributed by atoms with Crippen LogP contribution < -0.4 is 15.5 Å². The maximum Gasteiger partial charge on any atom is 0.356 e. The van der Waals surface area contributed by atoms with Crippen molar-refractivity contribution in [1.29, 1.82) is 0 Å². The van der Waals surface area contributed by atoms with Gasteiger partial charge in [0.1, 0.15) is 23.8 Å². The van der Waals surface area contributed by atoms with E-state index in [-0.39, 0.29) is 36.4 Å². The van der Waals surface area contributed by atoms with Crippen LogP contribution in [-0.2, 0) is 19.6 Å². The summed E-state index contributed by atoms with van der Waals surface area (Å²) < 4.78 is 32.5. The lowest BCUT2D eigenvalue weighted by molar-refractivity contribution is 0.0683. The number of nitrogens with one attached hydrogen (secondary N) is 2. The Kier molecular flexibility index (Phi) is 7.34. The lowest BCUT2D eigenvalue weighted by Gasteiger charge is -2.14. The standard InChI is InChI=1S/C24H20F2N2O5/c1-2-6-18-19(23(30)27-12-15-9-10-16(25)11-17(15)26)21(29)22(20(28-18)24(31)32)33-13-14-7-4-3-5-8-14/h2-5,7-11H,1,6,12-13H2,(H,27,30)(H,28,29)(H,31,32). The Labute approximate surface area is 187 Å². The summed E-state index contributed by atoms with van der Waals surface area (Å²) >= 11 is 0. The van der Waals surface area contributed by atoms with E-state index in [4.69, 9.17) is 4.74 Å². The number of carboxylic acids is 1. The molecular weight excluding hydrogens is 434 g/mol. The van der Waals surface area contributed by atoms with Gasteiger partial charge in [-0.25, -0.2) is 13.6 Å². The van der Waals surface area contributed by atoms with Crippen LogP contribution in [0.2, 0.25) is 0 Å². The molecule has 2 aromatic carbocycles. The lowest BCUT2D eigenvalue weighted by Crippen LogP contribution is -2.32. The quantitative estimate of drug-likeness (QED) is 0.428. The molecule has 0 unspecified atom stereocenters. The van der Waals surface area contributed by atoms with Crippen molar-refractivity contribution in [3.8, 4) is 5.75 Å². The van der Waals surface area contributed by atoms with Gasteiger partial charge in [0.15, 0.2) is 11.4 Å². The number of aromatic amines is 1. The van der Waals surface area contributed by atoms with Gasteiger partial charge in [-0.05, 0) is 11.6 Å². The van der Waals surface area contributed by atoms with Crippen LogP contribution in [0.3, 0.4) is 0 Å². The normalized spacial score (nSPS) is 10.5. The van der Waals surface area contributed by atoms with E-state index < -0.39 is 40.4 Å². The topological polar surface area (TPSA) is 108 Å². The minimum Gasteiger partial charge on any atom is -0.482 e. The molecule has 0 aliphatic heterocycles. The average molecular weight is 454 g/mol. The van der Waals surface area contributed by atoms with Crippen molar-refractivity contribution >= 4 is 11.9 Å². The number of allylic oxidation sites excluding steroid dienone is 1. The van der Waals surface area contributed by atoms with E-state index in [0.29, 0.717) is 11.6 Å². The summed E-state index contributed by atoms with van der Waals surface area (Å²) in [4.78, 5) is 40.3. The fraction of sp³-hybridized carbons (Fsp3) is 0.125. The number of pyridine rings is 1. The van der Waals surface area contributed by atoms with E-state index >= 15 is 0 Å². The van der Waals surface area contributed by atoms with Crippen LogP contribution in [0.5, 0.6) is 5.75 Å². The molecule has 3 N–H and O–H groups in total. The second kappa shape index (κ2) is 10.4. The number of carbonyl (C=O) groups is 2. The van der Waals surface area contributed by atoms with Gasteiger partial charge in [0, 0.05) is 30.3 Å². The SMILES string of the molecule is C=CCc1[nH]c(C(=O)O)c(OCc2ccccc2)c(=O)c1C(=O)NCc1ccc(F)cc1F. The maximum absolute atomic E-state index is 13.9. The Morgan fingerprint density at radius 2 is 1.88 bits per heavy atom. The van der Waals surface area contributed by atoms with Crippen molar-refractivity contribution < 1.29 is 28.2 Å². The van der Waals surface area contributed by atoms with Gasteiger partial charge in [-0.2, -0.15) is 0 Å². The molecule has 0 aliphatic carbocycles. The minimum atomic E-state index is -1.44. The van der Waals surface area contributed by atoms with Gasteiger partial charge in [0.05, 0.1) is 0 Å². The molecule has 0 bridgehead atoms. The summed E-state index contributed by atoms with van der Waals surface area (Å²) in [5.41, 5.74) is -1.12. The third-order valence-electron chi connectivity index (χ3n) is 4.71. The van der Waals surface area contributed by atoms with Crippen molar-refractivity contribution in [2.75, 3.05) is 0 Å². The summed E-state index contributed by atoms with van der Waals surface area (Å²) in [6.45, 7) is 3.13. The third kappa shape index (κ3) is 5.51. The van der Waals surface area contributed by atoms with Crippen molar-refractivity contribution in [3.63, 3.8) is 0 Å². The summed E-state index contributed by atoms with van der Waals surface area (Å²) in [7, 11) is 0. The summed E-state index contributed by atoms with van der Waals surface area (Å²) in [6, 6.07) is 11.6. The highest BCUT2D eigenvalue weighted by atomic mass is 19.1. The predicted molar refractivity (Wildman–Crippen MR) is 116 cm³/mol. The van der Waals surface area contributed by atoms with Crippen LogP contribution >= 0.6 is 0 Å². The molecule has 0 saturated heterocycles. The minimum absolute atomic E-state index is 0.00848. The first-order valence-electron chi connectivity index (χ1n) is 9.84. The Morgan fingerprint density at radius 3 is 2.52 bits per heavy atom. The number of aromatic nitrogens is 1. The number of carbonyl (C=O) groups excluding carboxylic acids is 1. The molecule has 3 rings (SSSR count). The molecule has 33 heavy (non-hydrogen) atoms. The van der Waals surface area contributed by atoms with E-state index in [2.05, 4.69) is 16.9 Å². The monoisotopic (exact) mass is 454 g/mol. The van der Waals surface area contributed by atoms with E-state index in [0.717, 1.165) is 6.07 Å². The number of H-pyrrole nitrogens is 1. The molecule has 0 spiro atoms. The molecule has 170 valence electrons. The number of hydrogen-bond acceptors (Lipinski definition) is 4. The highest BCUT2D eigenvalue weighted by molar-refractivity contribution is 5.97. The van der Waals surface area contributed by atoms with E-state index in [9.17, 15) is 28.3 Å². The first-order chi connectivity index (χ1) is 15.8. The second-order valence-electron chi connectivity index (χ2n) is 7.00. The molecule has 1 amide bonds. The first-order valence-corrected chi connectivity index (χ1v) is 9.84. The van der Waals surface area contributed by atoms with E-state index in [1.807, 2.05) is 0 Å². The van der Waals surface area contributed by atoms with Crippen LogP contribution in [0.15, 0.2) is 66.0 Å². The molecule has 0 fully saturated rings. The van der Waals surface area contributed by atoms with Gasteiger partial charge in [0.2, 0.25) is 5.43 Å². The number of benzene rings is 2. The fourth-order valence-electron chi connectivity index (χ4n) is 3.12. The Hall–Kier alpha value is -4.27. The zero-order chi connectivity index (χ0) is 24.0. The van der Waals surface area contributed by atoms with Gasteiger partial charge >= 0.3 is 5.97 Å². The summed E-state index contributed by atoms with van der Waals surface area (Å²) in [6.07, 6.45) is 1.37. The molecule has 0 saturated carbocycles. The zero-order valence-corrected chi connectivity index (χ0v) is 17.4. The fourth-order valence-corrected chi connectivity index (χ4v) is 3.12. The molecule has 9 heteroatoms. The second-order valence-corrected chi connectivity index (χ2v) is 7.00. The molecular formula is C24H20F2N2O5. The van der Waals surface area contributed by atoms with Crippen molar-refractivity contribution in [2.24, 2.45) is 0 Å². The van der Waals surface area contributed by atoms with Gasteiger partial charge in [-0.3, -0.25) is 9.59 Å². The molecule has 0 atom stereocenters. The van der Waals surface area contributed by atoms with E-state index in [1.54, 1.807) is 30.3 Å². The van der Waals surface area contributed by atoms with Crippen LogP contribution in [0.4, 0.5) is 8.78 Å². The van der Waals surface area contributed by atoms with Crippen molar-refractivity contribution in [2.45, 2.75) is 19.6 Å². The number of rotatable bonds is 9. The number of aromatic carboxylic acids is 1. The predicted octanol–water partition coefficient (Wildman–Crippen LogP) is 3.59. The Bertz CT molecular complexity index is 1260. The van der Waals surface area contributed by atoms with Gasteiger partial charge < -0.3 is 20.1 Å². The number of amides is 1. The van der Waals surface area contributed by atoms with Crippen LogP contribution in [-0.4, -0.2) is 22.0 Å². The molecule has 1 heterocycles. The van der Waals surface area contributed by atoms with Crippen LogP contribution in [0, 0.1) is 11.6 Å². The highest BCUT2D eigenvalue weighted by Gasteiger charge is 2.26. The third-order valence-corrected chi connectivity index (χ3v) is 4.71. The number of carboxylic acid groups (broad SMARTS) is 1. The molecule has 7 nitrogen and oxygen atoms in total. The molecule has 0 radical (unpaired) electrons. The summed E-state index contributed by atoms with van der Waals surface area (Å²) in [5, 5.41) is 12.0. The zero-order valence-electron chi connectivity index (χ0n) is 17.4.